The monoisotopic (exact) mass is 279 g/mol. The summed E-state index contributed by atoms with van der Waals surface area (Å²) in [5, 5.41) is 11.8. The minimum atomic E-state index is -0.504. The fourth-order valence-electron chi connectivity index (χ4n) is 1.87. The Balaban J connectivity index is 2.69. The zero-order chi connectivity index (χ0) is 15.1. The average molecular weight is 279 g/mol. The van der Waals surface area contributed by atoms with E-state index in [0.29, 0.717) is 6.54 Å². The van der Waals surface area contributed by atoms with E-state index in [0.717, 1.165) is 17.9 Å². The molecule has 112 valence electrons. The molecule has 0 radical (unpaired) electrons. The number of carbonyl (C=O) groups excluding carboxylic acids is 1. The summed E-state index contributed by atoms with van der Waals surface area (Å²) in [6.07, 6.45) is 0. The standard InChI is InChI=1S/C15H25N3O2/c1-4-18(9-10-19)13-7-5-12(6-8-13)17-15(20)14(16)11(2)3/h5-8,11,14,19H,4,9-10,16H2,1-3H3,(H,17,20)/t14-/m0/s1. The van der Waals surface area contributed by atoms with Crippen LogP contribution in [0.4, 0.5) is 11.4 Å². The van der Waals surface area contributed by atoms with Gasteiger partial charge in [-0.05, 0) is 37.1 Å². The van der Waals surface area contributed by atoms with Crippen molar-refractivity contribution in [3.63, 3.8) is 0 Å². The summed E-state index contributed by atoms with van der Waals surface area (Å²) in [6.45, 7) is 7.41. The molecule has 0 aliphatic carbocycles. The number of amides is 1. The van der Waals surface area contributed by atoms with Crippen molar-refractivity contribution in [3.05, 3.63) is 24.3 Å². The Kier molecular flexibility index (Phi) is 6.48. The molecule has 1 aromatic carbocycles. The third-order valence-corrected chi connectivity index (χ3v) is 3.27. The molecular formula is C15H25N3O2. The van der Waals surface area contributed by atoms with Gasteiger partial charge in [0.05, 0.1) is 12.6 Å². The predicted octanol–water partition coefficient (Wildman–Crippen LogP) is 1.43. The van der Waals surface area contributed by atoms with Crippen LogP contribution < -0.4 is 16.0 Å². The van der Waals surface area contributed by atoms with Gasteiger partial charge in [0, 0.05) is 24.5 Å². The number of rotatable bonds is 7. The number of anilines is 2. The molecule has 1 aromatic rings. The third-order valence-electron chi connectivity index (χ3n) is 3.27. The van der Waals surface area contributed by atoms with Gasteiger partial charge in [0.25, 0.3) is 0 Å². The lowest BCUT2D eigenvalue weighted by atomic mass is 10.0. The van der Waals surface area contributed by atoms with Crippen LogP contribution in [-0.4, -0.2) is 36.8 Å². The van der Waals surface area contributed by atoms with Crippen LogP contribution in [0.15, 0.2) is 24.3 Å². The van der Waals surface area contributed by atoms with Gasteiger partial charge in [-0.2, -0.15) is 0 Å². The Labute approximate surface area is 120 Å². The number of aliphatic hydroxyl groups excluding tert-OH is 1. The SMILES string of the molecule is CCN(CCO)c1ccc(NC(=O)[C@@H](N)C(C)C)cc1. The van der Waals surface area contributed by atoms with Gasteiger partial charge in [0.15, 0.2) is 0 Å². The second-order valence-electron chi connectivity index (χ2n) is 5.11. The lowest BCUT2D eigenvalue weighted by molar-refractivity contribution is -0.118. The number of aliphatic hydroxyl groups is 1. The van der Waals surface area contributed by atoms with Crippen molar-refractivity contribution in [1.29, 1.82) is 0 Å². The lowest BCUT2D eigenvalue weighted by Gasteiger charge is -2.22. The summed E-state index contributed by atoms with van der Waals surface area (Å²) in [5.41, 5.74) is 7.55. The van der Waals surface area contributed by atoms with Crippen LogP contribution in [0.5, 0.6) is 0 Å². The predicted molar refractivity (Wildman–Crippen MR) is 82.9 cm³/mol. The third kappa shape index (κ3) is 4.51. The molecule has 0 heterocycles. The van der Waals surface area contributed by atoms with Crippen LogP contribution in [-0.2, 0) is 4.79 Å². The summed E-state index contributed by atoms with van der Waals surface area (Å²) < 4.78 is 0. The summed E-state index contributed by atoms with van der Waals surface area (Å²) in [7, 11) is 0. The first-order valence-corrected chi connectivity index (χ1v) is 7.01. The molecule has 0 saturated heterocycles. The topological polar surface area (TPSA) is 78.6 Å². The molecule has 0 unspecified atom stereocenters. The Bertz CT molecular complexity index is 418. The van der Waals surface area contributed by atoms with E-state index in [4.69, 9.17) is 10.8 Å². The smallest absolute Gasteiger partial charge is 0.241 e. The Morgan fingerprint density at radius 2 is 1.95 bits per heavy atom. The van der Waals surface area contributed by atoms with Gasteiger partial charge in [-0.15, -0.1) is 0 Å². The molecule has 20 heavy (non-hydrogen) atoms. The second kappa shape index (κ2) is 7.87. The van der Waals surface area contributed by atoms with Crippen molar-refractivity contribution in [2.45, 2.75) is 26.8 Å². The maximum Gasteiger partial charge on any atom is 0.241 e. The van der Waals surface area contributed by atoms with Gasteiger partial charge in [-0.1, -0.05) is 13.8 Å². The molecule has 5 nitrogen and oxygen atoms in total. The highest BCUT2D eigenvalue weighted by Crippen LogP contribution is 2.18. The fraction of sp³-hybridized carbons (Fsp3) is 0.533. The molecule has 0 aromatic heterocycles. The van der Waals surface area contributed by atoms with E-state index in [2.05, 4.69) is 10.2 Å². The minimum absolute atomic E-state index is 0.106. The number of hydrogen-bond acceptors (Lipinski definition) is 4. The van der Waals surface area contributed by atoms with Gasteiger partial charge in [-0.25, -0.2) is 0 Å². The van der Waals surface area contributed by atoms with Crippen molar-refractivity contribution in [3.8, 4) is 0 Å². The minimum Gasteiger partial charge on any atom is -0.395 e. The first-order chi connectivity index (χ1) is 9.49. The van der Waals surface area contributed by atoms with E-state index in [1.165, 1.54) is 0 Å². The first kappa shape index (κ1) is 16.5. The molecule has 4 N–H and O–H groups in total. The van der Waals surface area contributed by atoms with Crippen molar-refractivity contribution >= 4 is 17.3 Å². The number of nitrogens with one attached hydrogen (secondary N) is 1. The van der Waals surface area contributed by atoms with Gasteiger partial charge >= 0.3 is 0 Å². The maximum absolute atomic E-state index is 11.9. The van der Waals surface area contributed by atoms with E-state index in [-0.39, 0.29) is 18.4 Å². The first-order valence-electron chi connectivity index (χ1n) is 7.01. The Hall–Kier alpha value is -1.59. The van der Waals surface area contributed by atoms with Crippen LogP contribution in [0.3, 0.4) is 0 Å². The number of carbonyl (C=O) groups is 1. The van der Waals surface area contributed by atoms with Crippen LogP contribution in [0.25, 0.3) is 0 Å². The van der Waals surface area contributed by atoms with Gasteiger partial charge in [0.1, 0.15) is 0 Å². The van der Waals surface area contributed by atoms with E-state index in [9.17, 15) is 4.79 Å². The van der Waals surface area contributed by atoms with Crippen LogP contribution in [0.1, 0.15) is 20.8 Å². The summed E-state index contributed by atoms with van der Waals surface area (Å²) in [4.78, 5) is 13.9. The molecule has 0 bridgehead atoms. The summed E-state index contributed by atoms with van der Waals surface area (Å²) >= 11 is 0. The highest BCUT2D eigenvalue weighted by atomic mass is 16.3. The van der Waals surface area contributed by atoms with Crippen molar-refractivity contribution in [2.24, 2.45) is 11.7 Å². The number of benzene rings is 1. The van der Waals surface area contributed by atoms with Crippen molar-refractivity contribution < 1.29 is 9.90 Å². The molecule has 0 spiro atoms. The average Bonchev–Trinajstić information content (AvgIpc) is 2.44. The zero-order valence-corrected chi connectivity index (χ0v) is 12.5. The van der Waals surface area contributed by atoms with Gasteiger partial charge < -0.3 is 21.1 Å². The van der Waals surface area contributed by atoms with Crippen molar-refractivity contribution in [2.75, 3.05) is 29.9 Å². The number of nitrogens with two attached hydrogens (primary N) is 1. The van der Waals surface area contributed by atoms with E-state index in [1.807, 2.05) is 45.0 Å². The Morgan fingerprint density at radius 3 is 2.40 bits per heavy atom. The van der Waals surface area contributed by atoms with E-state index >= 15 is 0 Å². The Morgan fingerprint density at radius 1 is 1.35 bits per heavy atom. The summed E-state index contributed by atoms with van der Waals surface area (Å²) in [6, 6.07) is 7.04. The largest absolute Gasteiger partial charge is 0.395 e. The highest BCUT2D eigenvalue weighted by Gasteiger charge is 2.17. The van der Waals surface area contributed by atoms with Crippen LogP contribution in [0, 0.1) is 5.92 Å². The molecule has 1 rings (SSSR count). The van der Waals surface area contributed by atoms with Crippen LogP contribution in [0.2, 0.25) is 0 Å². The van der Waals surface area contributed by atoms with Crippen molar-refractivity contribution in [1.82, 2.24) is 0 Å². The molecule has 5 heteroatoms. The fourth-order valence-corrected chi connectivity index (χ4v) is 1.87. The van der Waals surface area contributed by atoms with E-state index < -0.39 is 6.04 Å². The molecule has 0 aliphatic rings. The quantitative estimate of drug-likeness (QED) is 0.705. The van der Waals surface area contributed by atoms with E-state index in [1.54, 1.807) is 0 Å². The maximum atomic E-state index is 11.9. The van der Waals surface area contributed by atoms with Crippen LogP contribution >= 0.6 is 0 Å². The zero-order valence-electron chi connectivity index (χ0n) is 12.5. The normalized spacial score (nSPS) is 12.3. The number of hydrogen-bond donors (Lipinski definition) is 3. The molecule has 0 fully saturated rings. The number of likely N-dealkylation sites (N-methyl/N-ethyl adjacent to an activating group) is 1. The second-order valence-corrected chi connectivity index (χ2v) is 5.11. The summed E-state index contributed by atoms with van der Waals surface area (Å²) in [5.74, 6) is -0.0649. The molecule has 1 atom stereocenters. The lowest BCUT2D eigenvalue weighted by Crippen LogP contribution is -2.39. The highest BCUT2D eigenvalue weighted by molar-refractivity contribution is 5.94. The molecular weight excluding hydrogens is 254 g/mol. The molecule has 1 amide bonds. The van der Waals surface area contributed by atoms with Gasteiger partial charge in [-0.3, -0.25) is 4.79 Å². The van der Waals surface area contributed by atoms with Gasteiger partial charge in [0.2, 0.25) is 5.91 Å². The molecule has 0 aliphatic heterocycles. The molecule has 0 saturated carbocycles. The number of nitrogens with zero attached hydrogens (tertiary/aromatic N) is 1.